The van der Waals surface area contributed by atoms with E-state index in [2.05, 4.69) is 59.9 Å². The summed E-state index contributed by atoms with van der Waals surface area (Å²) in [6.07, 6.45) is 1.65. The van der Waals surface area contributed by atoms with Gasteiger partial charge in [0.25, 0.3) is 5.91 Å². The maximum absolute atomic E-state index is 12.7. The number of urea groups is 1. The largest absolute Gasteiger partial charge is 0.493 e. The highest BCUT2D eigenvalue weighted by molar-refractivity contribution is 9.10. The third-order valence-corrected chi connectivity index (χ3v) is 8.09. The van der Waals surface area contributed by atoms with Crippen molar-refractivity contribution in [2.24, 2.45) is 5.10 Å². The van der Waals surface area contributed by atoms with E-state index >= 15 is 0 Å². The minimum Gasteiger partial charge on any atom is -0.493 e. The number of fused-ring (bicyclic) bond motifs is 1. The van der Waals surface area contributed by atoms with Crippen molar-refractivity contribution in [2.75, 3.05) is 20.3 Å². The van der Waals surface area contributed by atoms with Crippen molar-refractivity contribution in [3.05, 3.63) is 105 Å². The van der Waals surface area contributed by atoms with Gasteiger partial charge < -0.3 is 29.4 Å². The maximum Gasteiger partial charge on any atom is 0.338 e. The molecule has 3 N–H and O–H groups in total. The first-order valence-corrected chi connectivity index (χ1v) is 15.4. The zero-order valence-corrected chi connectivity index (χ0v) is 27.4. The number of benzene rings is 3. The molecular formula is C34H34BrN5O6. The molecular weight excluding hydrogens is 654 g/mol. The predicted octanol–water partition coefficient (Wildman–Crippen LogP) is 5.49. The first kappa shape index (κ1) is 32.3. The molecule has 1 atom stereocenters. The quantitative estimate of drug-likeness (QED) is 0.109. The van der Waals surface area contributed by atoms with Gasteiger partial charge >= 0.3 is 12.0 Å². The molecule has 3 amide bonds. The molecule has 46 heavy (non-hydrogen) atoms. The van der Waals surface area contributed by atoms with Gasteiger partial charge in [0.05, 0.1) is 31.5 Å². The summed E-state index contributed by atoms with van der Waals surface area (Å²) in [6, 6.07) is 20.0. The van der Waals surface area contributed by atoms with E-state index in [-0.39, 0.29) is 18.8 Å². The summed E-state index contributed by atoms with van der Waals surface area (Å²) in [6.45, 7) is 5.93. The number of methoxy groups -OCH3 is 1. The average Bonchev–Trinajstić information content (AvgIpc) is 3.30. The van der Waals surface area contributed by atoms with Crippen LogP contribution in [-0.4, -0.2) is 49.0 Å². The van der Waals surface area contributed by atoms with Gasteiger partial charge in [0, 0.05) is 38.9 Å². The maximum atomic E-state index is 12.7. The highest BCUT2D eigenvalue weighted by atomic mass is 79.9. The number of nitrogens with zero attached hydrogens (tertiary/aromatic N) is 2. The number of carbonyl (C=O) groups excluding carboxylic acids is 3. The lowest BCUT2D eigenvalue weighted by molar-refractivity contribution is -0.139. The number of halogens is 1. The molecule has 11 nitrogen and oxygen atoms in total. The second kappa shape index (κ2) is 14.3. The van der Waals surface area contributed by atoms with Crippen molar-refractivity contribution in [3.8, 4) is 11.5 Å². The third-order valence-electron chi connectivity index (χ3n) is 7.56. The number of hydrogen-bond acceptors (Lipinski definition) is 7. The molecule has 0 bridgehead atoms. The molecule has 0 saturated carbocycles. The molecule has 1 aromatic heterocycles. The van der Waals surface area contributed by atoms with Gasteiger partial charge in [-0.3, -0.25) is 4.79 Å². The number of aromatic nitrogens is 1. The number of para-hydroxylation sites is 1. The summed E-state index contributed by atoms with van der Waals surface area (Å²) < 4.78 is 19.7. The van der Waals surface area contributed by atoms with E-state index in [1.165, 1.54) is 7.11 Å². The van der Waals surface area contributed by atoms with Crippen molar-refractivity contribution in [1.29, 1.82) is 0 Å². The van der Waals surface area contributed by atoms with Gasteiger partial charge in [0.1, 0.15) is 0 Å². The van der Waals surface area contributed by atoms with Crippen LogP contribution in [0, 0.1) is 6.92 Å². The van der Waals surface area contributed by atoms with E-state index in [4.69, 9.17) is 14.2 Å². The Morgan fingerprint density at radius 2 is 1.83 bits per heavy atom. The van der Waals surface area contributed by atoms with Crippen molar-refractivity contribution < 1.29 is 28.6 Å². The van der Waals surface area contributed by atoms with Crippen LogP contribution in [-0.2, 0) is 20.9 Å². The molecule has 5 rings (SSSR count). The Balaban J connectivity index is 1.27. The summed E-state index contributed by atoms with van der Waals surface area (Å²) in [4.78, 5) is 37.5. The Hall–Kier alpha value is -5.10. The molecule has 3 aromatic carbocycles. The monoisotopic (exact) mass is 687 g/mol. The molecule has 0 unspecified atom stereocenters. The van der Waals surface area contributed by atoms with Gasteiger partial charge in [-0.15, -0.1) is 0 Å². The number of ether oxygens (including phenoxy) is 3. The fraction of sp³-hybridized carbons (Fsp3) is 0.235. The van der Waals surface area contributed by atoms with Gasteiger partial charge in [-0.1, -0.05) is 52.3 Å². The minimum atomic E-state index is -0.766. The standard InChI is InChI=1S/C34H34BrN5O6/c1-5-45-33(42)31-20(2)37-34(43)38-32(31)23-12-15-28(29(16-23)44-4)46-19-30(41)39-36-17-26-21(3)40(27-9-7-6-8-25(26)27)18-22-10-13-24(35)14-11-22/h6-17,32H,5,18-19H2,1-4H3,(H,39,41)(H2,37,38,43)/b36-17-/t32-/m1/s1. The van der Waals surface area contributed by atoms with Crippen LogP contribution in [0.4, 0.5) is 4.79 Å². The molecule has 4 aromatic rings. The summed E-state index contributed by atoms with van der Waals surface area (Å²) in [5.74, 6) is -0.390. The first-order valence-electron chi connectivity index (χ1n) is 14.6. The number of hydrazone groups is 1. The second-order valence-electron chi connectivity index (χ2n) is 10.5. The Bertz CT molecular complexity index is 1850. The van der Waals surface area contributed by atoms with E-state index in [9.17, 15) is 14.4 Å². The number of hydrogen-bond donors (Lipinski definition) is 3. The molecule has 12 heteroatoms. The molecule has 1 aliphatic heterocycles. The molecule has 0 radical (unpaired) electrons. The summed E-state index contributed by atoms with van der Waals surface area (Å²) in [5.41, 5.74) is 7.94. The summed E-state index contributed by atoms with van der Waals surface area (Å²) in [5, 5.41) is 10.6. The van der Waals surface area contributed by atoms with Crippen molar-refractivity contribution in [2.45, 2.75) is 33.4 Å². The smallest absolute Gasteiger partial charge is 0.338 e. The Kier molecular flexibility index (Phi) is 10.1. The minimum absolute atomic E-state index is 0.189. The van der Waals surface area contributed by atoms with Gasteiger partial charge in [-0.25, -0.2) is 15.0 Å². The Labute approximate surface area is 274 Å². The van der Waals surface area contributed by atoms with Crippen LogP contribution in [0.15, 0.2) is 87.6 Å². The van der Waals surface area contributed by atoms with Crippen LogP contribution in [0.3, 0.4) is 0 Å². The molecule has 0 spiro atoms. The average molecular weight is 689 g/mol. The topological polar surface area (TPSA) is 132 Å². The van der Waals surface area contributed by atoms with E-state index in [1.54, 1.807) is 38.3 Å². The van der Waals surface area contributed by atoms with Crippen molar-refractivity contribution in [1.82, 2.24) is 20.6 Å². The fourth-order valence-corrected chi connectivity index (χ4v) is 5.61. The van der Waals surface area contributed by atoms with Crippen LogP contribution >= 0.6 is 15.9 Å². The van der Waals surface area contributed by atoms with E-state index in [0.717, 1.165) is 32.2 Å². The van der Waals surface area contributed by atoms with Gasteiger partial charge in [0.2, 0.25) is 0 Å². The van der Waals surface area contributed by atoms with Gasteiger partial charge in [-0.05, 0) is 62.2 Å². The Morgan fingerprint density at radius 3 is 2.57 bits per heavy atom. The number of nitrogens with one attached hydrogen (secondary N) is 3. The SMILES string of the molecule is CCOC(=O)C1=C(C)NC(=O)N[C@@H]1c1ccc(OCC(=O)N/N=C\c2c(C)n(Cc3ccc(Br)cc3)c3ccccc23)c(OC)c1. The first-order chi connectivity index (χ1) is 22.2. The van der Waals surface area contributed by atoms with Crippen molar-refractivity contribution >= 4 is 51.0 Å². The lowest BCUT2D eigenvalue weighted by Gasteiger charge is -2.28. The Morgan fingerprint density at radius 1 is 1.07 bits per heavy atom. The van der Waals surface area contributed by atoms with Crippen LogP contribution in [0.1, 0.15) is 42.3 Å². The number of esters is 1. The van der Waals surface area contributed by atoms with E-state index in [1.807, 2.05) is 37.3 Å². The predicted molar refractivity (Wildman–Crippen MR) is 178 cm³/mol. The van der Waals surface area contributed by atoms with Crippen molar-refractivity contribution in [3.63, 3.8) is 0 Å². The van der Waals surface area contributed by atoms with Crippen LogP contribution in [0.5, 0.6) is 11.5 Å². The van der Waals surface area contributed by atoms with Crippen LogP contribution < -0.4 is 25.5 Å². The lowest BCUT2D eigenvalue weighted by atomic mass is 9.95. The number of carbonyl (C=O) groups is 3. The molecule has 238 valence electrons. The van der Waals surface area contributed by atoms with Crippen LogP contribution in [0.25, 0.3) is 10.9 Å². The van der Waals surface area contributed by atoms with Crippen LogP contribution in [0.2, 0.25) is 0 Å². The third kappa shape index (κ3) is 7.07. The van der Waals surface area contributed by atoms with Gasteiger partial charge in [-0.2, -0.15) is 5.10 Å². The molecule has 2 heterocycles. The molecule has 0 fully saturated rings. The summed E-state index contributed by atoms with van der Waals surface area (Å²) in [7, 11) is 1.46. The fourth-order valence-electron chi connectivity index (χ4n) is 5.35. The second-order valence-corrected chi connectivity index (χ2v) is 11.4. The van der Waals surface area contributed by atoms with Gasteiger partial charge in [0.15, 0.2) is 18.1 Å². The highest BCUT2D eigenvalue weighted by Crippen LogP contribution is 2.34. The lowest BCUT2D eigenvalue weighted by Crippen LogP contribution is -2.45. The molecule has 0 aliphatic carbocycles. The summed E-state index contributed by atoms with van der Waals surface area (Å²) >= 11 is 3.49. The number of amides is 3. The number of rotatable bonds is 11. The zero-order valence-electron chi connectivity index (χ0n) is 25.8. The normalized spacial score (nSPS) is 14.6. The number of allylic oxidation sites excluding steroid dienone is 1. The highest BCUT2D eigenvalue weighted by Gasteiger charge is 2.32. The van der Waals surface area contributed by atoms with E-state index in [0.29, 0.717) is 29.3 Å². The van der Waals surface area contributed by atoms with E-state index < -0.39 is 23.9 Å². The zero-order chi connectivity index (χ0) is 32.8. The molecule has 0 saturated heterocycles. The molecule has 1 aliphatic rings.